The number of hydrogen-bond donors (Lipinski definition) is 1. The van der Waals surface area contributed by atoms with Crippen molar-refractivity contribution in [2.45, 2.75) is 6.92 Å². The molecule has 0 saturated carbocycles. The molecular weight excluding hydrogens is 258 g/mol. The maximum Gasteiger partial charge on any atom is 0.328 e. The highest BCUT2D eigenvalue weighted by atomic mass is 16.5. The van der Waals surface area contributed by atoms with Crippen LogP contribution in [0.15, 0.2) is 18.2 Å². The van der Waals surface area contributed by atoms with E-state index in [1.165, 1.54) is 0 Å². The standard InChI is InChI=1S/C15H17NO4/c1-9-10-7-13(19-3)14(20-4)8-12(10)16(2)11(9)5-6-15(17)18/h5-8H,1-4H3,(H,17,18)/b6-5+. The van der Waals surface area contributed by atoms with E-state index in [4.69, 9.17) is 14.6 Å². The van der Waals surface area contributed by atoms with Crippen LogP contribution in [0.3, 0.4) is 0 Å². The SMILES string of the molecule is COc1cc2c(C)c(/C=C/C(=O)O)n(C)c2cc1OC. The van der Waals surface area contributed by atoms with E-state index in [2.05, 4.69) is 0 Å². The van der Waals surface area contributed by atoms with Gasteiger partial charge in [0, 0.05) is 30.3 Å². The van der Waals surface area contributed by atoms with Gasteiger partial charge in [0.15, 0.2) is 11.5 Å². The van der Waals surface area contributed by atoms with Gasteiger partial charge in [-0.3, -0.25) is 0 Å². The summed E-state index contributed by atoms with van der Waals surface area (Å²) in [6.45, 7) is 1.95. The second-order valence-corrected chi connectivity index (χ2v) is 4.47. The van der Waals surface area contributed by atoms with Crippen LogP contribution >= 0.6 is 0 Å². The molecule has 1 N–H and O–H groups in total. The van der Waals surface area contributed by atoms with Crippen LogP contribution in [0.5, 0.6) is 11.5 Å². The average Bonchev–Trinajstić information content (AvgIpc) is 2.66. The van der Waals surface area contributed by atoms with E-state index in [9.17, 15) is 4.79 Å². The number of nitrogens with zero attached hydrogens (tertiary/aromatic N) is 1. The lowest BCUT2D eigenvalue weighted by Crippen LogP contribution is -1.94. The Kier molecular flexibility index (Phi) is 3.70. The lowest BCUT2D eigenvalue weighted by atomic mass is 10.1. The van der Waals surface area contributed by atoms with Gasteiger partial charge in [0.1, 0.15) is 0 Å². The van der Waals surface area contributed by atoms with Gasteiger partial charge in [-0.2, -0.15) is 0 Å². The fourth-order valence-electron chi connectivity index (χ4n) is 2.35. The Morgan fingerprint density at radius 3 is 2.40 bits per heavy atom. The number of carboxylic acid groups (broad SMARTS) is 1. The molecule has 0 fully saturated rings. The summed E-state index contributed by atoms with van der Waals surface area (Å²) in [4.78, 5) is 10.7. The fraction of sp³-hybridized carbons (Fsp3) is 0.267. The van der Waals surface area contributed by atoms with Gasteiger partial charge in [0.2, 0.25) is 0 Å². The molecule has 2 rings (SSSR count). The predicted octanol–water partition coefficient (Wildman–Crippen LogP) is 2.60. The average molecular weight is 275 g/mol. The van der Waals surface area contributed by atoms with Crippen molar-refractivity contribution >= 4 is 22.9 Å². The van der Waals surface area contributed by atoms with Crippen LogP contribution in [-0.2, 0) is 11.8 Å². The number of ether oxygens (including phenoxy) is 2. The number of benzene rings is 1. The summed E-state index contributed by atoms with van der Waals surface area (Å²) in [6.07, 6.45) is 2.73. The monoisotopic (exact) mass is 275 g/mol. The van der Waals surface area contributed by atoms with Crippen LogP contribution in [-0.4, -0.2) is 29.9 Å². The van der Waals surface area contributed by atoms with Gasteiger partial charge in [-0.05, 0) is 24.6 Å². The number of methoxy groups -OCH3 is 2. The molecule has 0 atom stereocenters. The minimum absolute atomic E-state index is 0.648. The summed E-state index contributed by atoms with van der Waals surface area (Å²) in [7, 11) is 5.07. The Bertz CT molecular complexity index is 651. The third-order valence-corrected chi connectivity index (χ3v) is 3.40. The normalized spacial score (nSPS) is 11.2. The summed E-state index contributed by atoms with van der Waals surface area (Å²) < 4.78 is 12.5. The molecule has 5 nitrogen and oxygen atoms in total. The zero-order valence-corrected chi connectivity index (χ0v) is 11.9. The van der Waals surface area contributed by atoms with Gasteiger partial charge in [-0.1, -0.05) is 0 Å². The largest absolute Gasteiger partial charge is 0.493 e. The summed E-state index contributed by atoms with van der Waals surface area (Å²) in [5.41, 5.74) is 2.81. The molecule has 0 amide bonds. The molecule has 2 aromatic rings. The van der Waals surface area contributed by atoms with E-state index >= 15 is 0 Å². The molecule has 0 aliphatic carbocycles. The highest BCUT2D eigenvalue weighted by molar-refractivity contribution is 5.93. The molecule has 0 radical (unpaired) electrons. The molecule has 0 aliphatic rings. The maximum atomic E-state index is 10.7. The second-order valence-electron chi connectivity index (χ2n) is 4.47. The summed E-state index contributed by atoms with van der Waals surface area (Å²) in [6, 6.07) is 3.79. The van der Waals surface area contributed by atoms with Gasteiger partial charge >= 0.3 is 5.97 Å². The number of rotatable bonds is 4. The molecule has 0 unspecified atom stereocenters. The van der Waals surface area contributed by atoms with E-state index in [-0.39, 0.29) is 0 Å². The van der Waals surface area contributed by atoms with E-state index in [0.29, 0.717) is 11.5 Å². The Morgan fingerprint density at radius 2 is 1.85 bits per heavy atom. The molecule has 1 aromatic heterocycles. The quantitative estimate of drug-likeness (QED) is 0.871. The van der Waals surface area contributed by atoms with E-state index in [0.717, 1.165) is 28.2 Å². The first-order chi connectivity index (χ1) is 9.49. The number of carboxylic acids is 1. The predicted molar refractivity (Wildman–Crippen MR) is 77.4 cm³/mol. The molecule has 0 aliphatic heterocycles. The number of hydrogen-bond acceptors (Lipinski definition) is 3. The van der Waals surface area contributed by atoms with Crippen molar-refractivity contribution in [3.8, 4) is 11.5 Å². The molecule has 5 heteroatoms. The van der Waals surface area contributed by atoms with Crippen LogP contribution in [0.1, 0.15) is 11.3 Å². The molecule has 106 valence electrons. The molecule has 0 saturated heterocycles. The number of aliphatic carboxylic acids is 1. The van der Waals surface area contributed by atoms with E-state index in [1.54, 1.807) is 20.3 Å². The third-order valence-electron chi connectivity index (χ3n) is 3.40. The number of fused-ring (bicyclic) bond motifs is 1. The van der Waals surface area contributed by atoms with Gasteiger partial charge in [-0.25, -0.2) is 4.79 Å². The minimum atomic E-state index is -0.968. The number of aromatic nitrogens is 1. The Hall–Kier alpha value is -2.43. The summed E-state index contributed by atoms with van der Waals surface area (Å²) in [5.74, 6) is 0.335. The third kappa shape index (κ3) is 2.22. The topological polar surface area (TPSA) is 60.7 Å². The van der Waals surface area contributed by atoms with Crippen molar-refractivity contribution in [3.63, 3.8) is 0 Å². The molecule has 1 heterocycles. The second kappa shape index (κ2) is 5.28. The molecular formula is C15H17NO4. The molecule has 0 spiro atoms. The lowest BCUT2D eigenvalue weighted by molar-refractivity contribution is -0.131. The van der Waals surface area contributed by atoms with Gasteiger partial charge in [0.25, 0.3) is 0 Å². The maximum absolute atomic E-state index is 10.7. The van der Waals surface area contributed by atoms with Crippen LogP contribution in [0.25, 0.3) is 17.0 Å². The first-order valence-electron chi connectivity index (χ1n) is 6.11. The zero-order chi connectivity index (χ0) is 14.9. The van der Waals surface area contributed by atoms with Gasteiger partial charge in [-0.15, -0.1) is 0 Å². The van der Waals surface area contributed by atoms with Crippen molar-refractivity contribution in [3.05, 3.63) is 29.5 Å². The number of aryl methyl sites for hydroxylation is 2. The van der Waals surface area contributed by atoms with Gasteiger partial charge < -0.3 is 19.1 Å². The van der Waals surface area contributed by atoms with Crippen LogP contribution in [0.2, 0.25) is 0 Å². The minimum Gasteiger partial charge on any atom is -0.493 e. The highest BCUT2D eigenvalue weighted by Gasteiger charge is 2.14. The van der Waals surface area contributed by atoms with Crippen LogP contribution in [0.4, 0.5) is 0 Å². The zero-order valence-electron chi connectivity index (χ0n) is 11.9. The van der Waals surface area contributed by atoms with Crippen LogP contribution < -0.4 is 9.47 Å². The Labute approximate surface area is 117 Å². The molecule has 0 bridgehead atoms. The van der Waals surface area contributed by atoms with Crippen molar-refractivity contribution in [1.82, 2.24) is 4.57 Å². The first-order valence-corrected chi connectivity index (χ1v) is 6.11. The molecule has 20 heavy (non-hydrogen) atoms. The lowest BCUT2D eigenvalue weighted by Gasteiger charge is -2.08. The van der Waals surface area contributed by atoms with Gasteiger partial charge in [0.05, 0.1) is 19.7 Å². The smallest absolute Gasteiger partial charge is 0.328 e. The summed E-state index contributed by atoms with van der Waals surface area (Å²) >= 11 is 0. The van der Waals surface area contributed by atoms with Crippen molar-refractivity contribution < 1.29 is 19.4 Å². The van der Waals surface area contributed by atoms with E-state index < -0.39 is 5.97 Å². The van der Waals surface area contributed by atoms with Crippen molar-refractivity contribution in [2.75, 3.05) is 14.2 Å². The van der Waals surface area contributed by atoms with E-state index in [1.807, 2.05) is 30.7 Å². The Morgan fingerprint density at radius 1 is 1.25 bits per heavy atom. The van der Waals surface area contributed by atoms with Crippen LogP contribution in [0, 0.1) is 6.92 Å². The fourth-order valence-corrected chi connectivity index (χ4v) is 2.35. The Balaban J connectivity index is 2.71. The molecule has 1 aromatic carbocycles. The number of carbonyl (C=O) groups is 1. The van der Waals surface area contributed by atoms with Crippen molar-refractivity contribution in [2.24, 2.45) is 7.05 Å². The first kappa shape index (κ1) is 14.0. The summed E-state index contributed by atoms with van der Waals surface area (Å²) in [5, 5.41) is 9.77. The highest BCUT2D eigenvalue weighted by Crippen LogP contribution is 2.36. The van der Waals surface area contributed by atoms with Crippen molar-refractivity contribution in [1.29, 1.82) is 0 Å².